The van der Waals surface area contributed by atoms with E-state index in [9.17, 15) is 0 Å². The van der Waals surface area contributed by atoms with Crippen molar-refractivity contribution in [2.75, 3.05) is 27.4 Å². The molecule has 0 saturated carbocycles. The van der Waals surface area contributed by atoms with Gasteiger partial charge in [0.15, 0.2) is 0 Å². The average Bonchev–Trinajstić information content (AvgIpc) is 3.19. The molecule has 6 nitrogen and oxygen atoms in total. The highest BCUT2D eigenvalue weighted by molar-refractivity contribution is 5.55. The Hall–Kier alpha value is -1.92. The monoisotopic (exact) mass is 289 g/mol. The predicted octanol–water partition coefficient (Wildman–Crippen LogP) is 1.97. The van der Waals surface area contributed by atoms with Gasteiger partial charge in [0.25, 0.3) is 0 Å². The van der Waals surface area contributed by atoms with Crippen molar-refractivity contribution in [3.05, 3.63) is 30.2 Å². The third kappa shape index (κ3) is 3.22. The first-order valence-corrected chi connectivity index (χ1v) is 7.01. The van der Waals surface area contributed by atoms with Gasteiger partial charge >= 0.3 is 0 Å². The van der Waals surface area contributed by atoms with Gasteiger partial charge < -0.3 is 14.0 Å². The Balaban J connectivity index is 1.67. The fourth-order valence-electron chi connectivity index (χ4n) is 2.39. The zero-order chi connectivity index (χ0) is 14.7. The van der Waals surface area contributed by atoms with Gasteiger partial charge in [-0.15, -0.1) is 0 Å². The van der Waals surface area contributed by atoms with Crippen LogP contribution in [0.2, 0.25) is 0 Å². The Morgan fingerprint density at radius 2 is 2.14 bits per heavy atom. The normalized spacial score (nSPS) is 18.3. The lowest BCUT2D eigenvalue weighted by molar-refractivity contribution is 0.148. The van der Waals surface area contributed by atoms with Crippen molar-refractivity contribution < 1.29 is 14.0 Å². The number of nitrogens with zero attached hydrogens (tertiary/aromatic N) is 3. The first-order chi connectivity index (χ1) is 10.3. The van der Waals surface area contributed by atoms with Crippen LogP contribution in [0.25, 0.3) is 11.4 Å². The van der Waals surface area contributed by atoms with Gasteiger partial charge in [-0.1, -0.05) is 5.16 Å². The van der Waals surface area contributed by atoms with Crippen LogP contribution in [-0.2, 0) is 11.3 Å². The zero-order valence-corrected chi connectivity index (χ0v) is 12.3. The van der Waals surface area contributed by atoms with E-state index in [2.05, 4.69) is 22.1 Å². The number of methoxy groups -OCH3 is 1. The van der Waals surface area contributed by atoms with Crippen molar-refractivity contribution in [1.82, 2.24) is 15.0 Å². The second kappa shape index (κ2) is 6.24. The molecule has 1 aliphatic rings. The molecule has 1 unspecified atom stereocenters. The molecule has 6 heteroatoms. The van der Waals surface area contributed by atoms with Crippen molar-refractivity contribution >= 4 is 0 Å². The van der Waals surface area contributed by atoms with Crippen molar-refractivity contribution in [3.63, 3.8) is 0 Å². The van der Waals surface area contributed by atoms with Gasteiger partial charge in [0.05, 0.1) is 20.3 Å². The molecule has 1 aromatic heterocycles. The second-order valence-electron chi connectivity index (χ2n) is 5.17. The summed E-state index contributed by atoms with van der Waals surface area (Å²) in [6, 6.07) is 8.03. The van der Waals surface area contributed by atoms with Gasteiger partial charge in [0, 0.05) is 18.2 Å². The molecular weight excluding hydrogens is 270 g/mol. The quantitative estimate of drug-likeness (QED) is 0.838. The molecule has 1 atom stereocenters. The molecule has 1 saturated heterocycles. The summed E-state index contributed by atoms with van der Waals surface area (Å²) >= 11 is 0. The molecule has 2 heterocycles. The summed E-state index contributed by atoms with van der Waals surface area (Å²) in [5.41, 5.74) is 0.914. The largest absolute Gasteiger partial charge is 0.497 e. The Morgan fingerprint density at radius 1 is 1.33 bits per heavy atom. The minimum atomic E-state index is 0.432. The Labute approximate surface area is 123 Å². The van der Waals surface area contributed by atoms with E-state index in [-0.39, 0.29) is 0 Å². The van der Waals surface area contributed by atoms with Gasteiger partial charge in [-0.05, 0) is 37.7 Å². The molecule has 1 aromatic carbocycles. The van der Waals surface area contributed by atoms with Crippen LogP contribution in [0, 0.1) is 0 Å². The van der Waals surface area contributed by atoms with Crippen molar-refractivity contribution in [2.24, 2.45) is 0 Å². The highest BCUT2D eigenvalue weighted by atomic mass is 16.5. The highest BCUT2D eigenvalue weighted by Gasteiger charge is 2.22. The molecule has 0 bridgehead atoms. The number of aromatic nitrogens is 2. The van der Waals surface area contributed by atoms with E-state index < -0.39 is 0 Å². The van der Waals surface area contributed by atoms with E-state index in [0.29, 0.717) is 24.3 Å². The Bertz CT molecular complexity index is 576. The van der Waals surface area contributed by atoms with Crippen molar-refractivity contribution in [3.8, 4) is 17.1 Å². The lowest BCUT2D eigenvalue weighted by Crippen LogP contribution is -2.31. The van der Waals surface area contributed by atoms with Crippen LogP contribution < -0.4 is 4.74 Å². The first-order valence-electron chi connectivity index (χ1n) is 7.01. The second-order valence-corrected chi connectivity index (χ2v) is 5.17. The summed E-state index contributed by atoms with van der Waals surface area (Å²) in [5.74, 6) is 2.03. The molecule has 0 radical (unpaired) electrons. The molecule has 0 N–H and O–H groups in total. The molecule has 0 spiro atoms. The number of hydrogen-bond acceptors (Lipinski definition) is 6. The summed E-state index contributed by atoms with van der Waals surface area (Å²) in [7, 11) is 3.70. The van der Waals surface area contributed by atoms with Gasteiger partial charge in [-0.25, -0.2) is 0 Å². The van der Waals surface area contributed by atoms with Crippen molar-refractivity contribution in [1.29, 1.82) is 0 Å². The van der Waals surface area contributed by atoms with E-state index in [0.717, 1.165) is 30.9 Å². The van der Waals surface area contributed by atoms with Crippen LogP contribution in [0.5, 0.6) is 5.75 Å². The van der Waals surface area contributed by atoms with Crippen LogP contribution >= 0.6 is 0 Å². The molecule has 3 rings (SSSR count). The minimum Gasteiger partial charge on any atom is -0.497 e. The van der Waals surface area contributed by atoms with E-state index in [1.807, 2.05) is 24.3 Å². The van der Waals surface area contributed by atoms with Crippen LogP contribution in [0.3, 0.4) is 0 Å². The lowest BCUT2D eigenvalue weighted by Gasteiger charge is -2.20. The summed E-state index contributed by atoms with van der Waals surface area (Å²) in [5, 5.41) is 4.04. The molecule has 0 aliphatic carbocycles. The maximum absolute atomic E-state index is 5.39. The number of hydrogen-bond donors (Lipinski definition) is 0. The smallest absolute Gasteiger partial charge is 0.241 e. The number of benzene rings is 1. The lowest BCUT2D eigenvalue weighted by atomic mass is 10.2. The number of rotatable bonds is 5. The molecule has 0 amide bonds. The summed E-state index contributed by atoms with van der Waals surface area (Å²) in [6.45, 7) is 2.24. The van der Waals surface area contributed by atoms with Crippen LogP contribution in [0.4, 0.5) is 0 Å². The van der Waals surface area contributed by atoms with E-state index in [4.69, 9.17) is 14.0 Å². The zero-order valence-electron chi connectivity index (χ0n) is 12.3. The molecular formula is C15H19N3O3. The van der Waals surface area contributed by atoms with Gasteiger partial charge in [-0.3, -0.25) is 4.90 Å². The predicted molar refractivity (Wildman–Crippen MR) is 77.0 cm³/mol. The van der Waals surface area contributed by atoms with Crippen LogP contribution in [0.1, 0.15) is 12.3 Å². The SMILES string of the molecule is COc1ccc(-c2noc(CN(C)C3CCOC3)n2)cc1. The molecule has 112 valence electrons. The molecule has 1 aliphatic heterocycles. The molecule has 1 fully saturated rings. The third-order valence-corrected chi connectivity index (χ3v) is 3.73. The molecule has 2 aromatic rings. The fraction of sp³-hybridized carbons (Fsp3) is 0.467. The summed E-state index contributed by atoms with van der Waals surface area (Å²) < 4.78 is 15.9. The maximum atomic E-state index is 5.39. The maximum Gasteiger partial charge on any atom is 0.241 e. The first kappa shape index (κ1) is 14.0. The highest BCUT2D eigenvalue weighted by Crippen LogP contribution is 2.20. The Kier molecular flexibility index (Phi) is 4.17. The van der Waals surface area contributed by atoms with E-state index >= 15 is 0 Å². The van der Waals surface area contributed by atoms with Crippen molar-refractivity contribution in [2.45, 2.75) is 19.0 Å². The van der Waals surface area contributed by atoms with Crippen LogP contribution in [0.15, 0.2) is 28.8 Å². The van der Waals surface area contributed by atoms with Gasteiger partial charge in [0.1, 0.15) is 5.75 Å². The number of ether oxygens (including phenoxy) is 2. The minimum absolute atomic E-state index is 0.432. The van der Waals surface area contributed by atoms with Crippen LogP contribution in [-0.4, -0.2) is 48.5 Å². The average molecular weight is 289 g/mol. The molecule has 21 heavy (non-hydrogen) atoms. The summed E-state index contributed by atoms with van der Waals surface area (Å²) in [6.07, 6.45) is 1.05. The topological polar surface area (TPSA) is 60.6 Å². The van der Waals surface area contributed by atoms with E-state index in [1.165, 1.54) is 0 Å². The Morgan fingerprint density at radius 3 is 2.81 bits per heavy atom. The fourth-order valence-corrected chi connectivity index (χ4v) is 2.39. The standard InChI is InChI=1S/C15H19N3O3/c1-18(12-7-8-20-10-12)9-14-16-15(17-21-14)11-3-5-13(19-2)6-4-11/h3-6,12H,7-10H2,1-2H3. The third-order valence-electron chi connectivity index (χ3n) is 3.73. The number of likely N-dealkylation sites (N-methyl/N-ethyl adjacent to an activating group) is 1. The summed E-state index contributed by atoms with van der Waals surface area (Å²) in [4.78, 5) is 6.64. The van der Waals surface area contributed by atoms with Gasteiger partial charge in [0.2, 0.25) is 11.7 Å². The van der Waals surface area contributed by atoms with E-state index in [1.54, 1.807) is 7.11 Å². The van der Waals surface area contributed by atoms with Gasteiger partial charge in [-0.2, -0.15) is 4.98 Å².